The van der Waals surface area contributed by atoms with Crippen molar-refractivity contribution in [2.24, 2.45) is 5.10 Å². The van der Waals surface area contributed by atoms with Gasteiger partial charge in [-0.05, 0) is 23.8 Å². The van der Waals surface area contributed by atoms with E-state index in [1.165, 1.54) is 24.4 Å². The summed E-state index contributed by atoms with van der Waals surface area (Å²) < 4.78 is 13.0. The Bertz CT molecular complexity index is 687. The Morgan fingerprint density at radius 3 is 2.59 bits per heavy atom. The van der Waals surface area contributed by atoms with Gasteiger partial charge in [0, 0.05) is 5.56 Å². The maximum Gasteiger partial charge on any atom is 0.259 e. The average molecular weight is 299 g/mol. The van der Waals surface area contributed by atoms with Crippen molar-refractivity contribution in [3.05, 3.63) is 71.5 Å². The van der Waals surface area contributed by atoms with Crippen LogP contribution in [0.1, 0.15) is 15.9 Å². The minimum Gasteiger partial charge on any atom is -0.343 e. The Balaban J connectivity index is 1.78. The van der Waals surface area contributed by atoms with Crippen LogP contribution in [0.5, 0.6) is 0 Å². The highest BCUT2D eigenvalue weighted by atomic mass is 19.1. The van der Waals surface area contributed by atoms with Crippen LogP contribution >= 0.6 is 0 Å². The first-order chi connectivity index (χ1) is 10.6. The van der Waals surface area contributed by atoms with Gasteiger partial charge in [-0.2, -0.15) is 5.10 Å². The normalized spacial score (nSPS) is 10.4. The van der Waals surface area contributed by atoms with Crippen molar-refractivity contribution in [2.45, 2.75) is 0 Å². The van der Waals surface area contributed by atoms with Gasteiger partial charge < -0.3 is 5.32 Å². The standard InChI is InChI=1S/C16H14FN3O2/c17-14-8-4-7-13(9-14)16(22)18-11-15(21)20-19-10-12-5-2-1-3-6-12/h1-10H,11H2,(H,18,22)(H,20,21). The van der Waals surface area contributed by atoms with Gasteiger partial charge in [0.2, 0.25) is 0 Å². The number of hydrazone groups is 1. The molecule has 2 rings (SSSR count). The van der Waals surface area contributed by atoms with Gasteiger partial charge in [-0.3, -0.25) is 9.59 Å². The lowest BCUT2D eigenvalue weighted by Crippen LogP contribution is -2.34. The van der Waals surface area contributed by atoms with E-state index in [2.05, 4.69) is 15.8 Å². The second-order valence-electron chi connectivity index (χ2n) is 4.40. The summed E-state index contributed by atoms with van der Waals surface area (Å²) in [6.07, 6.45) is 1.49. The Morgan fingerprint density at radius 1 is 1.09 bits per heavy atom. The van der Waals surface area contributed by atoms with Crippen LogP contribution in [0.25, 0.3) is 0 Å². The summed E-state index contributed by atoms with van der Waals surface area (Å²) in [6, 6.07) is 14.5. The zero-order valence-electron chi connectivity index (χ0n) is 11.6. The Morgan fingerprint density at radius 2 is 1.86 bits per heavy atom. The van der Waals surface area contributed by atoms with E-state index in [-0.39, 0.29) is 12.1 Å². The number of carbonyl (C=O) groups is 2. The molecule has 0 heterocycles. The second-order valence-corrected chi connectivity index (χ2v) is 4.40. The number of amides is 2. The van der Waals surface area contributed by atoms with Crippen LogP contribution < -0.4 is 10.7 Å². The summed E-state index contributed by atoms with van der Waals surface area (Å²) >= 11 is 0. The van der Waals surface area contributed by atoms with Crippen LogP contribution in [-0.4, -0.2) is 24.6 Å². The molecule has 0 saturated carbocycles. The summed E-state index contributed by atoms with van der Waals surface area (Å²) in [5.41, 5.74) is 3.28. The third kappa shape index (κ3) is 4.82. The summed E-state index contributed by atoms with van der Waals surface area (Å²) in [6.45, 7) is -0.249. The Kier molecular flexibility index (Phi) is 5.37. The molecule has 0 radical (unpaired) electrons. The number of hydrogen-bond donors (Lipinski definition) is 2. The van der Waals surface area contributed by atoms with Gasteiger partial charge in [0.05, 0.1) is 12.8 Å². The third-order valence-electron chi connectivity index (χ3n) is 2.70. The highest BCUT2D eigenvalue weighted by Crippen LogP contribution is 2.02. The number of rotatable bonds is 5. The first kappa shape index (κ1) is 15.4. The Hall–Kier alpha value is -3.02. The molecule has 5 nitrogen and oxygen atoms in total. The van der Waals surface area contributed by atoms with Crippen molar-refractivity contribution >= 4 is 18.0 Å². The number of benzene rings is 2. The lowest BCUT2D eigenvalue weighted by molar-refractivity contribution is -0.120. The average Bonchev–Trinajstić information content (AvgIpc) is 2.53. The predicted octanol–water partition coefficient (Wildman–Crippen LogP) is 1.71. The van der Waals surface area contributed by atoms with Crippen LogP contribution in [0.15, 0.2) is 59.7 Å². The molecule has 0 aliphatic heterocycles. The Labute approximate surface area is 126 Å². The van der Waals surface area contributed by atoms with Crippen molar-refractivity contribution in [1.82, 2.24) is 10.7 Å². The number of halogens is 1. The largest absolute Gasteiger partial charge is 0.343 e. The SMILES string of the molecule is O=C(CNC(=O)c1cccc(F)c1)NN=Cc1ccccc1. The molecule has 0 spiro atoms. The van der Waals surface area contributed by atoms with Crippen LogP contribution in [0.3, 0.4) is 0 Å². The van der Waals surface area contributed by atoms with Gasteiger partial charge in [0.15, 0.2) is 0 Å². The van der Waals surface area contributed by atoms with Gasteiger partial charge in [-0.25, -0.2) is 9.82 Å². The van der Waals surface area contributed by atoms with E-state index in [4.69, 9.17) is 0 Å². The molecule has 0 bridgehead atoms. The van der Waals surface area contributed by atoms with Crippen molar-refractivity contribution < 1.29 is 14.0 Å². The molecule has 0 aromatic heterocycles. The van der Waals surface area contributed by atoms with Crippen molar-refractivity contribution in [1.29, 1.82) is 0 Å². The number of hydrogen-bond acceptors (Lipinski definition) is 3. The van der Waals surface area contributed by atoms with Crippen LogP contribution in [-0.2, 0) is 4.79 Å². The lowest BCUT2D eigenvalue weighted by Gasteiger charge is -2.04. The minimum atomic E-state index is -0.526. The number of nitrogens with zero attached hydrogens (tertiary/aromatic N) is 1. The smallest absolute Gasteiger partial charge is 0.259 e. The molecule has 112 valence electrons. The van der Waals surface area contributed by atoms with E-state index >= 15 is 0 Å². The maximum absolute atomic E-state index is 13.0. The lowest BCUT2D eigenvalue weighted by atomic mass is 10.2. The molecule has 2 aromatic rings. The first-order valence-electron chi connectivity index (χ1n) is 6.56. The van der Waals surface area contributed by atoms with E-state index in [1.807, 2.05) is 30.3 Å². The molecule has 2 N–H and O–H groups in total. The van der Waals surface area contributed by atoms with E-state index in [9.17, 15) is 14.0 Å². The number of nitrogens with one attached hydrogen (secondary N) is 2. The fourth-order valence-corrected chi connectivity index (χ4v) is 1.65. The molecule has 6 heteroatoms. The summed E-state index contributed by atoms with van der Waals surface area (Å²) in [7, 11) is 0. The van der Waals surface area contributed by atoms with Crippen molar-refractivity contribution in [3.8, 4) is 0 Å². The molecular weight excluding hydrogens is 285 g/mol. The molecule has 0 saturated heterocycles. The third-order valence-corrected chi connectivity index (χ3v) is 2.70. The molecule has 0 fully saturated rings. The molecule has 2 aromatic carbocycles. The van der Waals surface area contributed by atoms with Gasteiger partial charge in [0.1, 0.15) is 5.82 Å². The molecule has 0 aliphatic carbocycles. The van der Waals surface area contributed by atoms with Crippen molar-refractivity contribution in [2.75, 3.05) is 6.54 Å². The van der Waals surface area contributed by atoms with E-state index in [0.29, 0.717) is 0 Å². The summed E-state index contributed by atoms with van der Waals surface area (Å²) in [5.74, 6) is -1.51. The van der Waals surface area contributed by atoms with Crippen LogP contribution in [0.2, 0.25) is 0 Å². The maximum atomic E-state index is 13.0. The molecule has 0 aliphatic rings. The molecule has 2 amide bonds. The zero-order chi connectivity index (χ0) is 15.8. The topological polar surface area (TPSA) is 70.6 Å². The van der Waals surface area contributed by atoms with E-state index in [1.54, 1.807) is 0 Å². The van der Waals surface area contributed by atoms with Crippen LogP contribution in [0.4, 0.5) is 4.39 Å². The van der Waals surface area contributed by atoms with Crippen molar-refractivity contribution in [3.63, 3.8) is 0 Å². The minimum absolute atomic E-state index is 0.153. The second kappa shape index (κ2) is 7.68. The summed E-state index contributed by atoms with van der Waals surface area (Å²) in [4.78, 5) is 23.2. The molecule has 22 heavy (non-hydrogen) atoms. The highest BCUT2D eigenvalue weighted by molar-refractivity contribution is 5.96. The van der Waals surface area contributed by atoms with Gasteiger partial charge in [-0.15, -0.1) is 0 Å². The van der Waals surface area contributed by atoms with Gasteiger partial charge >= 0.3 is 0 Å². The fourth-order valence-electron chi connectivity index (χ4n) is 1.65. The highest BCUT2D eigenvalue weighted by Gasteiger charge is 2.08. The fraction of sp³-hybridized carbons (Fsp3) is 0.0625. The molecule has 0 atom stereocenters. The summed E-state index contributed by atoms with van der Waals surface area (Å²) in [5, 5.41) is 6.15. The van der Waals surface area contributed by atoms with Gasteiger partial charge in [0.25, 0.3) is 11.8 Å². The number of carbonyl (C=O) groups excluding carboxylic acids is 2. The molecular formula is C16H14FN3O2. The monoisotopic (exact) mass is 299 g/mol. The van der Waals surface area contributed by atoms with Gasteiger partial charge in [-0.1, -0.05) is 36.4 Å². The molecule has 0 unspecified atom stereocenters. The first-order valence-corrected chi connectivity index (χ1v) is 6.56. The quantitative estimate of drug-likeness (QED) is 0.652. The zero-order valence-corrected chi connectivity index (χ0v) is 11.6. The van der Waals surface area contributed by atoms with E-state index in [0.717, 1.165) is 11.6 Å². The van der Waals surface area contributed by atoms with Crippen LogP contribution in [0, 0.1) is 5.82 Å². The van der Waals surface area contributed by atoms with E-state index < -0.39 is 17.6 Å². The predicted molar refractivity (Wildman–Crippen MR) is 80.9 cm³/mol.